The Hall–Kier alpha value is -1.21. The molecule has 2 N–H and O–H groups in total. The maximum atomic E-state index is 11.1. The molecule has 6 nitrogen and oxygen atoms in total. The SMILES string of the molecule is Cc1ccc(NCC(C)(C)NS(C)(=O)=O)nn1. The van der Waals surface area contributed by atoms with Gasteiger partial charge in [0.2, 0.25) is 10.0 Å². The second-order valence-electron chi connectivity index (χ2n) is 4.67. The van der Waals surface area contributed by atoms with Gasteiger partial charge in [0.05, 0.1) is 11.9 Å². The maximum absolute atomic E-state index is 11.1. The fourth-order valence-corrected chi connectivity index (χ4v) is 2.42. The standard InChI is InChI=1S/C10H18N4O2S/c1-8-5-6-9(13-12-8)11-7-10(2,3)14-17(4,15)16/h5-6,14H,7H2,1-4H3,(H,11,13). The third-order valence-electron chi connectivity index (χ3n) is 1.97. The van der Waals surface area contributed by atoms with Gasteiger partial charge in [-0.05, 0) is 32.9 Å². The van der Waals surface area contributed by atoms with Crippen LogP contribution in [0.2, 0.25) is 0 Å². The zero-order valence-electron chi connectivity index (χ0n) is 10.5. The van der Waals surface area contributed by atoms with Crippen molar-refractivity contribution in [2.24, 2.45) is 0 Å². The van der Waals surface area contributed by atoms with Crippen LogP contribution < -0.4 is 10.0 Å². The van der Waals surface area contributed by atoms with E-state index in [9.17, 15) is 8.42 Å². The molecule has 0 atom stereocenters. The predicted octanol–water partition coefficient (Wildman–Crippen LogP) is 0.525. The molecule has 0 aliphatic heterocycles. The molecule has 1 aromatic heterocycles. The topological polar surface area (TPSA) is 84.0 Å². The van der Waals surface area contributed by atoms with Crippen molar-refractivity contribution in [2.45, 2.75) is 26.3 Å². The van der Waals surface area contributed by atoms with Gasteiger partial charge in [0.1, 0.15) is 5.82 Å². The Kier molecular flexibility index (Phi) is 4.05. The molecule has 0 saturated carbocycles. The molecule has 0 aliphatic rings. The molecule has 1 heterocycles. The summed E-state index contributed by atoms with van der Waals surface area (Å²) in [6, 6.07) is 3.64. The van der Waals surface area contributed by atoms with Gasteiger partial charge in [0.25, 0.3) is 0 Å². The number of rotatable bonds is 5. The first-order valence-electron chi connectivity index (χ1n) is 5.21. The molecule has 0 aromatic carbocycles. The summed E-state index contributed by atoms with van der Waals surface area (Å²) in [6.45, 7) is 5.87. The minimum atomic E-state index is -3.22. The molecule has 1 aromatic rings. The minimum absolute atomic E-state index is 0.428. The fraction of sp³-hybridized carbons (Fsp3) is 0.600. The van der Waals surface area contributed by atoms with Crippen molar-refractivity contribution in [3.05, 3.63) is 17.8 Å². The third kappa shape index (κ3) is 5.60. The van der Waals surface area contributed by atoms with Gasteiger partial charge in [0, 0.05) is 12.1 Å². The number of hydrogen-bond donors (Lipinski definition) is 2. The van der Waals surface area contributed by atoms with Crippen LogP contribution in [0.15, 0.2) is 12.1 Å². The number of aromatic nitrogens is 2. The van der Waals surface area contributed by atoms with E-state index in [0.29, 0.717) is 12.4 Å². The molecule has 0 aliphatic carbocycles. The molecular weight excluding hydrogens is 240 g/mol. The van der Waals surface area contributed by atoms with E-state index in [2.05, 4.69) is 20.2 Å². The van der Waals surface area contributed by atoms with Crippen LogP contribution in [-0.4, -0.2) is 37.0 Å². The summed E-state index contributed by atoms with van der Waals surface area (Å²) >= 11 is 0. The number of hydrogen-bond acceptors (Lipinski definition) is 5. The summed E-state index contributed by atoms with van der Waals surface area (Å²) in [5.74, 6) is 0.624. The number of aryl methyl sites for hydroxylation is 1. The zero-order chi connectivity index (χ0) is 13.1. The van der Waals surface area contributed by atoms with Crippen LogP contribution in [0.4, 0.5) is 5.82 Å². The third-order valence-corrected chi connectivity index (χ3v) is 2.89. The summed E-state index contributed by atoms with van der Waals surface area (Å²) in [7, 11) is -3.22. The van der Waals surface area contributed by atoms with E-state index in [1.807, 2.05) is 13.0 Å². The predicted molar refractivity (Wildman–Crippen MR) is 67.3 cm³/mol. The van der Waals surface area contributed by atoms with Crippen molar-refractivity contribution in [1.82, 2.24) is 14.9 Å². The molecule has 1 rings (SSSR count). The van der Waals surface area contributed by atoms with Gasteiger partial charge in [-0.15, -0.1) is 5.10 Å². The van der Waals surface area contributed by atoms with Crippen LogP contribution in [0.25, 0.3) is 0 Å². The van der Waals surface area contributed by atoms with Gasteiger partial charge >= 0.3 is 0 Å². The fourth-order valence-electron chi connectivity index (χ4n) is 1.34. The lowest BCUT2D eigenvalue weighted by atomic mass is 10.1. The monoisotopic (exact) mass is 258 g/mol. The Morgan fingerprint density at radius 2 is 1.94 bits per heavy atom. The van der Waals surface area contributed by atoms with Crippen molar-refractivity contribution in [2.75, 3.05) is 18.1 Å². The van der Waals surface area contributed by atoms with Gasteiger partial charge in [-0.25, -0.2) is 13.1 Å². The Morgan fingerprint density at radius 1 is 1.29 bits per heavy atom. The molecule has 7 heteroatoms. The summed E-state index contributed by atoms with van der Waals surface area (Å²) in [5.41, 5.74) is 0.254. The number of anilines is 1. The van der Waals surface area contributed by atoms with Crippen LogP contribution >= 0.6 is 0 Å². The Labute approximate surface area is 102 Å². The lowest BCUT2D eigenvalue weighted by molar-refractivity contribution is 0.475. The summed E-state index contributed by atoms with van der Waals surface area (Å²) in [6.07, 6.45) is 1.14. The average molecular weight is 258 g/mol. The van der Waals surface area contributed by atoms with E-state index in [4.69, 9.17) is 0 Å². The van der Waals surface area contributed by atoms with E-state index >= 15 is 0 Å². The molecule has 0 fully saturated rings. The quantitative estimate of drug-likeness (QED) is 0.804. The van der Waals surface area contributed by atoms with Crippen LogP contribution in [0.5, 0.6) is 0 Å². The highest BCUT2D eigenvalue weighted by Crippen LogP contribution is 2.07. The van der Waals surface area contributed by atoms with Crippen molar-refractivity contribution in [1.29, 1.82) is 0 Å². The highest BCUT2D eigenvalue weighted by Gasteiger charge is 2.21. The van der Waals surface area contributed by atoms with E-state index in [1.165, 1.54) is 0 Å². The van der Waals surface area contributed by atoms with Crippen LogP contribution in [-0.2, 0) is 10.0 Å². The van der Waals surface area contributed by atoms with Crippen molar-refractivity contribution >= 4 is 15.8 Å². The van der Waals surface area contributed by atoms with Crippen LogP contribution in [0.1, 0.15) is 19.5 Å². The first-order valence-corrected chi connectivity index (χ1v) is 7.10. The van der Waals surface area contributed by atoms with Crippen molar-refractivity contribution in [3.8, 4) is 0 Å². The Balaban J connectivity index is 2.58. The van der Waals surface area contributed by atoms with Crippen LogP contribution in [0, 0.1) is 6.92 Å². The van der Waals surface area contributed by atoms with Gasteiger partial charge in [0.15, 0.2) is 0 Å². The first-order chi connectivity index (χ1) is 7.68. The highest BCUT2D eigenvalue weighted by molar-refractivity contribution is 7.88. The van der Waals surface area contributed by atoms with Crippen molar-refractivity contribution < 1.29 is 8.42 Å². The number of nitrogens with one attached hydrogen (secondary N) is 2. The van der Waals surface area contributed by atoms with Gasteiger partial charge < -0.3 is 5.32 Å². The largest absolute Gasteiger partial charge is 0.367 e. The molecule has 0 unspecified atom stereocenters. The summed E-state index contributed by atoms with van der Waals surface area (Å²) in [5, 5.41) is 10.9. The van der Waals surface area contributed by atoms with Crippen molar-refractivity contribution in [3.63, 3.8) is 0 Å². The molecule has 0 radical (unpaired) electrons. The maximum Gasteiger partial charge on any atom is 0.209 e. The lowest BCUT2D eigenvalue weighted by Crippen LogP contribution is -2.47. The van der Waals surface area contributed by atoms with Crippen LogP contribution in [0.3, 0.4) is 0 Å². The zero-order valence-corrected chi connectivity index (χ0v) is 11.3. The van der Waals surface area contributed by atoms with Gasteiger partial charge in [-0.1, -0.05) is 0 Å². The van der Waals surface area contributed by atoms with E-state index < -0.39 is 15.6 Å². The molecule has 17 heavy (non-hydrogen) atoms. The molecule has 0 bridgehead atoms. The summed E-state index contributed by atoms with van der Waals surface area (Å²) in [4.78, 5) is 0. The van der Waals surface area contributed by atoms with Gasteiger partial charge in [-0.2, -0.15) is 5.10 Å². The first kappa shape index (κ1) is 13.9. The van der Waals surface area contributed by atoms with Gasteiger partial charge in [-0.3, -0.25) is 0 Å². The molecule has 0 spiro atoms. The molecule has 96 valence electrons. The smallest absolute Gasteiger partial charge is 0.209 e. The molecular formula is C10H18N4O2S. The number of nitrogens with zero attached hydrogens (tertiary/aromatic N) is 2. The Morgan fingerprint density at radius 3 is 2.41 bits per heavy atom. The summed E-state index contributed by atoms with van der Waals surface area (Å²) < 4.78 is 24.8. The second kappa shape index (κ2) is 4.97. The Bertz CT molecular complexity index is 468. The highest BCUT2D eigenvalue weighted by atomic mass is 32.2. The van der Waals surface area contributed by atoms with E-state index in [-0.39, 0.29) is 0 Å². The average Bonchev–Trinajstić information content (AvgIpc) is 2.13. The van der Waals surface area contributed by atoms with E-state index in [0.717, 1.165) is 11.9 Å². The molecule has 0 saturated heterocycles. The minimum Gasteiger partial charge on any atom is -0.367 e. The normalized spacial score (nSPS) is 12.5. The lowest BCUT2D eigenvalue weighted by Gasteiger charge is -2.25. The molecule has 0 amide bonds. The second-order valence-corrected chi connectivity index (χ2v) is 6.42. The van der Waals surface area contributed by atoms with E-state index in [1.54, 1.807) is 19.9 Å². The number of sulfonamides is 1.